The molecule has 1 saturated carbocycles. The second-order valence-corrected chi connectivity index (χ2v) is 5.90. The molecule has 0 atom stereocenters. The Balaban J connectivity index is 1.95. The maximum atomic E-state index is 11.5. The summed E-state index contributed by atoms with van der Waals surface area (Å²) in [6, 6.07) is 4.29. The van der Waals surface area contributed by atoms with E-state index in [4.69, 9.17) is 4.74 Å². The molecule has 0 heterocycles. The van der Waals surface area contributed by atoms with Gasteiger partial charge in [-0.25, -0.2) is 0 Å². The minimum Gasteiger partial charge on any atom is -0.481 e. The lowest BCUT2D eigenvalue weighted by Gasteiger charge is -2.11. The molecule has 5 heteroatoms. The van der Waals surface area contributed by atoms with Crippen molar-refractivity contribution >= 4 is 37.8 Å². The molecule has 0 radical (unpaired) electrons. The fourth-order valence-corrected chi connectivity index (χ4v) is 3.10. The Kier molecular flexibility index (Phi) is 4.09. The van der Waals surface area contributed by atoms with Gasteiger partial charge in [-0.05, 0) is 69.3 Å². The molecule has 3 nitrogen and oxygen atoms in total. The molecule has 0 bridgehead atoms. The molecule has 0 aromatic heterocycles. The summed E-state index contributed by atoms with van der Waals surface area (Å²) in [6.07, 6.45) is 2.17. The van der Waals surface area contributed by atoms with Gasteiger partial charge in [0, 0.05) is 6.04 Å². The van der Waals surface area contributed by atoms with Crippen LogP contribution in [-0.2, 0) is 4.79 Å². The third-order valence-electron chi connectivity index (χ3n) is 2.43. The molecule has 92 valence electrons. The highest BCUT2D eigenvalue weighted by molar-refractivity contribution is 9.11. The molecule has 2 rings (SSSR count). The average Bonchev–Trinajstić information content (AvgIpc) is 2.99. The minimum atomic E-state index is -0.0631. The molecule has 1 aromatic rings. The van der Waals surface area contributed by atoms with Crippen LogP contribution in [0.5, 0.6) is 5.75 Å². The fraction of sp³-hybridized carbons (Fsp3) is 0.417. The van der Waals surface area contributed by atoms with E-state index >= 15 is 0 Å². The van der Waals surface area contributed by atoms with Crippen molar-refractivity contribution in [1.82, 2.24) is 5.32 Å². The average molecular weight is 363 g/mol. The van der Waals surface area contributed by atoms with Gasteiger partial charge in [-0.1, -0.05) is 0 Å². The van der Waals surface area contributed by atoms with Gasteiger partial charge in [-0.3, -0.25) is 4.79 Å². The van der Waals surface area contributed by atoms with Crippen LogP contribution in [0.25, 0.3) is 0 Å². The van der Waals surface area contributed by atoms with E-state index in [9.17, 15) is 4.79 Å². The summed E-state index contributed by atoms with van der Waals surface area (Å²) in [5, 5.41) is 2.88. The predicted molar refractivity (Wildman–Crippen MR) is 73.2 cm³/mol. The normalized spacial score (nSPS) is 14.5. The van der Waals surface area contributed by atoms with Crippen LogP contribution < -0.4 is 10.1 Å². The Morgan fingerprint density at radius 2 is 2.00 bits per heavy atom. The second kappa shape index (κ2) is 5.40. The van der Waals surface area contributed by atoms with Gasteiger partial charge in [0.05, 0.1) is 8.95 Å². The zero-order chi connectivity index (χ0) is 12.4. The van der Waals surface area contributed by atoms with Crippen LogP contribution >= 0.6 is 31.9 Å². The molecule has 0 spiro atoms. The van der Waals surface area contributed by atoms with Crippen LogP contribution in [0.3, 0.4) is 0 Å². The summed E-state index contributed by atoms with van der Waals surface area (Å²) in [5.41, 5.74) is 1.12. The van der Waals surface area contributed by atoms with Gasteiger partial charge in [0.1, 0.15) is 5.75 Å². The quantitative estimate of drug-likeness (QED) is 0.893. The Morgan fingerprint density at radius 1 is 1.41 bits per heavy atom. The first-order chi connectivity index (χ1) is 8.06. The van der Waals surface area contributed by atoms with E-state index in [-0.39, 0.29) is 12.5 Å². The zero-order valence-electron chi connectivity index (χ0n) is 9.43. The number of nitrogens with one attached hydrogen (secondary N) is 1. The number of rotatable bonds is 4. The van der Waals surface area contributed by atoms with E-state index in [0.29, 0.717) is 11.8 Å². The largest absolute Gasteiger partial charge is 0.481 e. The van der Waals surface area contributed by atoms with Gasteiger partial charge >= 0.3 is 0 Å². The lowest BCUT2D eigenvalue weighted by molar-refractivity contribution is -0.123. The van der Waals surface area contributed by atoms with Crippen LogP contribution in [-0.4, -0.2) is 18.6 Å². The molecule has 0 aliphatic heterocycles. The third kappa shape index (κ3) is 3.71. The Hall–Kier alpha value is -0.550. The van der Waals surface area contributed by atoms with Crippen molar-refractivity contribution in [2.75, 3.05) is 6.61 Å². The van der Waals surface area contributed by atoms with E-state index in [1.807, 2.05) is 19.1 Å². The van der Waals surface area contributed by atoms with Crippen molar-refractivity contribution in [3.05, 3.63) is 26.6 Å². The van der Waals surface area contributed by atoms with E-state index < -0.39 is 0 Å². The highest BCUT2D eigenvalue weighted by atomic mass is 79.9. The molecule has 1 aromatic carbocycles. The Labute approximate surface area is 117 Å². The van der Waals surface area contributed by atoms with Gasteiger partial charge in [-0.2, -0.15) is 0 Å². The molecule has 1 aliphatic rings. The maximum absolute atomic E-state index is 11.5. The van der Waals surface area contributed by atoms with Crippen LogP contribution in [0.4, 0.5) is 0 Å². The molecular weight excluding hydrogens is 350 g/mol. The van der Waals surface area contributed by atoms with Crippen molar-refractivity contribution in [2.24, 2.45) is 0 Å². The van der Waals surface area contributed by atoms with Gasteiger partial charge in [0.2, 0.25) is 0 Å². The Bertz CT molecular complexity index is 421. The number of aryl methyl sites for hydroxylation is 1. The molecule has 0 saturated heterocycles. The molecule has 0 unspecified atom stereocenters. The van der Waals surface area contributed by atoms with Gasteiger partial charge in [0.25, 0.3) is 5.91 Å². The summed E-state index contributed by atoms with van der Waals surface area (Å²) in [5.74, 6) is 0.605. The number of hydrogen-bond donors (Lipinski definition) is 1. The van der Waals surface area contributed by atoms with Gasteiger partial charge in [0.15, 0.2) is 6.61 Å². The van der Waals surface area contributed by atoms with Crippen molar-refractivity contribution in [3.8, 4) is 5.75 Å². The summed E-state index contributed by atoms with van der Waals surface area (Å²) in [4.78, 5) is 11.5. The monoisotopic (exact) mass is 361 g/mol. The van der Waals surface area contributed by atoms with Crippen LogP contribution in [0.15, 0.2) is 21.1 Å². The van der Waals surface area contributed by atoms with Gasteiger partial charge in [-0.15, -0.1) is 0 Å². The van der Waals surface area contributed by atoms with Crippen LogP contribution in [0, 0.1) is 6.92 Å². The van der Waals surface area contributed by atoms with Gasteiger partial charge < -0.3 is 10.1 Å². The maximum Gasteiger partial charge on any atom is 0.258 e. The Morgan fingerprint density at radius 3 is 2.53 bits per heavy atom. The number of carbonyl (C=O) groups excluding carboxylic acids is 1. The number of benzene rings is 1. The topological polar surface area (TPSA) is 38.3 Å². The molecule has 1 N–H and O–H groups in total. The highest BCUT2D eigenvalue weighted by Crippen LogP contribution is 2.34. The van der Waals surface area contributed by atoms with E-state index in [1.54, 1.807) is 0 Å². The first-order valence-electron chi connectivity index (χ1n) is 5.44. The number of halogens is 2. The lowest BCUT2D eigenvalue weighted by Crippen LogP contribution is -2.30. The van der Waals surface area contributed by atoms with Crippen LogP contribution in [0.2, 0.25) is 0 Å². The van der Waals surface area contributed by atoms with Crippen molar-refractivity contribution in [3.63, 3.8) is 0 Å². The zero-order valence-corrected chi connectivity index (χ0v) is 12.6. The van der Waals surface area contributed by atoms with E-state index in [1.165, 1.54) is 0 Å². The number of carbonyl (C=O) groups is 1. The SMILES string of the molecule is Cc1cc(Br)c(OCC(=O)NC2CC2)c(Br)c1. The van der Waals surface area contributed by atoms with Crippen LogP contribution in [0.1, 0.15) is 18.4 Å². The number of hydrogen-bond acceptors (Lipinski definition) is 2. The van der Waals surface area contributed by atoms with Crippen molar-refractivity contribution < 1.29 is 9.53 Å². The number of amides is 1. The number of ether oxygens (including phenoxy) is 1. The molecule has 1 amide bonds. The summed E-state index contributed by atoms with van der Waals surface area (Å²) < 4.78 is 7.21. The first kappa shape index (κ1) is 12.9. The molecule has 17 heavy (non-hydrogen) atoms. The molecule has 1 fully saturated rings. The fourth-order valence-electron chi connectivity index (χ4n) is 1.46. The van der Waals surface area contributed by atoms with E-state index in [0.717, 1.165) is 27.4 Å². The third-order valence-corrected chi connectivity index (χ3v) is 3.61. The summed E-state index contributed by atoms with van der Waals surface area (Å²) in [7, 11) is 0. The summed E-state index contributed by atoms with van der Waals surface area (Å²) >= 11 is 6.85. The summed E-state index contributed by atoms with van der Waals surface area (Å²) in [6.45, 7) is 2.05. The smallest absolute Gasteiger partial charge is 0.258 e. The second-order valence-electron chi connectivity index (χ2n) is 4.19. The molecular formula is C12H13Br2NO2. The predicted octanol–water partition coefficient (Wildman–Crippen LogP) is 3.18. The highest BCUT2D eigenvalue weighted by Gasteiger charge is 2.23. The van der Waals surface area contributed by atoms with E-state index in [2.05, 4.69) is 37.2 Å². The standard InChI is InChI=1S/C12H13Br2NO2/c1-7-4-9(13)12(10(14)5-7)17-6-11(16)15-8-2-3-8/h4-5,8H,2-3,6H2,1H3,(H,15,16). The minimum absolute atomic E-state index is 0.0523. The van der Waals surface area contributed by atoms with Crippen molar-refractivity contribution in [2.45, 2.75) is 25.8 Å². The lowest BCUT2D eigenvalue weighted by atomic mass is 10.2. The van der Waals surface area contributed by atoms with Crippen molar-refractivity contribution in [1.29, 1.82) is 0 Å². The first-order valence-corrected chi connectivity index (χ1v) is 7.02. The molecule has 1 aliphatic carbocycles.